The molecule has 4 nitrogen and oxygen atoms in total. The van der Waals surface area contributed by atoms with Crippen LogP contribution in [-0.2, 0) is 4.74 Å². The van der Waals surface area contributed by atoms with E-state index in [9.17, 15) is 0 Å². The van der Waals surface area contributed by atoms with Crippen molar-refractivity contribution in [1.29, 1.82) is 0 Å². The predicted molar refractivity (Wildman–Crippen MR) is 48.8 cm³/mol. The topological polar surface area (TPSA) is 45.3 Å². The lowest BCUT2D eigenvalue weighted by molar-refractivity contribution is 0.247. The molecule has 1 aliphatic heterocycles. The van der Waals surface area contributed by atoms with Crippen LogP contribution >= 0.6 is 0 Å². The number of ether oxygens (including phenoxy) is 1. The van der Waals surface area contributed by atoms with E-state index >= 15 is 0 Å². The summed E-state index contributed by atoms with van der Waals surface area (Å²) in [6.45, 7) is 5.61. The Morgan fingerprint density at radius 1 is 0.917 bits per heavy atom. The SMILES string of the molecule is C1=C\OCCNCCNCCN/1. The lowest BCUT2D eigenvalue weighted by Crippen LogP contribution is -2.33. The van der Waals surface area contributed by atoms with E-state index in [1.807, 2.05) is 6.20 Å². The Bertz CT molecular complexity index is 113. The fraction of sp³-hybridized carbons (Fsp3) is 0.750. The molecule has 4 heteroatoms. The van der Waals surface area contributed by atoms with Crippen LogP contribution in [0.5, 0.6) is 0 Å². The first-order valence-corrected chi connectivity index (χ1v) is 4.41. The molecule has 0 aromatic heterocycles. The van der Waals surface area contributed by atoms with Crippen molar-refractivity contribution in [1.82, 2.24) is 16.0 Å². The van der Waals surface area contributed by atoms with Gasteiger partial charge in [0.25, 0.3) is 0 Å². The zero-order chi connectivity index (χ0) is 8.49. The average molecular weight is 171 g/mol. The molecule has 0 aromatic rings. The van der Waals surface area contributed by atoms with E-state index in [0.717, 1.165) is 39.3 Å². The molecule has 1 aliphatic rings. The molecule has 0 aromatic carbocycles. The van der Waals surface area contributed by atoms with Crippen molar-refractivity contribution in [3.63, 3.8) is 0 Å². The van der Waals surface area contributed by atoms with Gasteiger partial charge < -0.3 is 20.7 Å². The summed E-state index contributed by atoms with van der Waals surface area (Å²) in [4.78, 5) is 0. The molecule has 0 aliphatic carbocycles. The van der Waals surface area contributed by atoms with Crippen molar-refractivity contribution in [2.75, 3.05) is 39.3 Å². The second-order valence-corrected chi connectivity index (χ2v) is 2.63. The monoisotopic (exact) mass is 171 g/mol. The van der Waals surface area contributed by atoms with Crippen molar-refractivity contribution in [2.24, 2.45) is 0 Å². The standard InChI is InChI=1S/C8H17N3O/c1-3-10-5-7-12-8-6-11-4-2-9-1/h5,7,9-11H,1-4,6,8H2/b7-5-. The van der Waals surface area contributed by atoms with Crippen LogP contribution in [0.3, 0.4) is 0 Å². The third-order valence-corrected chi connectivity index (χ3v) is 1.60. The van der Waals surface area contributed by atoms with Crippen molar-refractivity contribution in [2.45, 2.75) is 0 Å². The zero-order valence-electron chi connectivity index (χ0n) is 7.31. The maximum absolute atomic E-state index is 5.18. The highest BCUT2D eigenvalue weighted by Gasteiger charge is 1.89. The van der Waals surface area contributed by atoms with Crippen LogP contribution in [0.1, 0.15) is 0 Å². The van der Waals surface area contributed by atoms with Crippen LogP contribution in [0.15, 0.2) is 12.5 Å². The molecular formula is C8H17N3O. The number of hydrogen-bond acceptors (Lipinski definition) is 4. The van der Waals surface area contributed by atoms with Gasteiger partial charge in [0.1, 0.15) is 0 Å². The van der Waals surface area contributed by atoms with Crippen molar-refractivity contribution >= 4 is 0 Å². The van der Waals surface area contributed by atoms with Gasteiger partial charge in [-0.15, -0.1) is 0 Å². The van der Waals surface area contributed by atoms with Crippen molar-refractivity contribution in [3.05, 3.63) is 12.5 Å². The molecule has 0 fully saturated rings. The van der Waals surface area contributed by atoms with E-state index in [0.29, 0.717) is 0 Å². The average Bonchev–Trinajstić information content (AvgIpc) is 2.05. The molecule has 1 heterocycles. The third kappa shape index (κ3) is 4.98. The van der Waals surface area contributed by atoms with E-state index in [1.165, 1.54) is 0 Å². The molecule has 0 spiro atoms. The Balaban J connectivity index is 2.10. The van der Waals surface area contributed by atoms with Crippen LogP contribution in [0, 0.1) is 0 Å². The Kier molecular flexibility index (Phi) is 5.41. The van der Waals surface area contributed by atoms with E-state index in [1.54, 1.807) is 6.26 Å². The van der Waals surface area contributed by atoms with E-state index in [-0.39, 0.29) is 0 Å². The largest absolute Gasteiger partial charge is 0.498 e. The Hall–Kier alpha value is -0.740. The Morgan fingerprint density at radius 3 is 2.58 bits per heavy atom. The summed E-state index contributed by atoms with van der Waals surface area (Å²) in [5.41, 5.74) is 0. The van der Waals surface area contributed by atoms with Crippen LogP contribution in [0.4, 0.5) is 0 Å². The smallest absolute Gasteiger partial charge is 0.0998 e. The minimum Gasteiger partial charge on any atom is -0.498 e. The first-order valence-electron chi connectivity index (χ1n) is 4.41. The second kappa shape index (κ2) is 6.94. The molecule has 0 atom stereocenters. The molecule has 12 heavy (non-hydrogen) atoms. The van der Waals surface area contributed by atoms with Crippen LogP contribution in [-0.4, -0.2) is 39.3 Å². The molecule has 3 N–H and O–H groups in total. The summed E-state index contributed by atoms with van der Waals surface area (Å²) in [5.74, 6) is 0. The van der Waals surface area contributed by atoms with Crippen LogP contribution in [0.25, 0.3) is 0 Å². The fourth-order valence-corrected chi connectivity index (χ4v) is 0.966. The molecule has 0 bridgehead atoms. The summed E-state index contributed by atoms with van der Waals surface area (Å²) in [6.07, 6.45) is 3.53. The molecule has 0 unspecified atom stereocenters. The zero-order valence-corrected chi connectivity index (χ0v) is 7.31. The van der Waals surface area contributed by atoms with Crippen LogP contribution in [0.2, 0.25) is 0 Å². The van der Waals surface area contributed by atoms with Gasteiger partial charge in [-0.05, 0) is 0 Å². The van der Waals surface area contributed by atoms with Crippen LogP contribution < -0.4 is 16.0 Å². The normalized spacial score (nSPS) is 24.0. The first kappa shape index (κ1) is 9.35. The summed E-state index contributed by atoms with van der Waals surface area (Å²) in [6, 6.07) is 0. The van der Waals surface area contributed by atoms with Gasteiger partial charge in [0.2, 0.25) is 0 Å². The highest BCUT2D eigenvalue weighted by atomic mass is 16.5. The van der Waals surface area contributed by atoms with Gasteiger partial charge in [0.15, 0.2) is 0 Å². The fourth-order valence-electron chi connectivity index (χ4n) is 0.966. The Morgan fingerprint density at radius 2 is 1.67 bits per heavy atom. The van der Waals surface area contributed by atoms with Gasteiger partial charge in [-0.2, -0.15) is 0 Å². The summed E-state index contributed by atoms with van der Waals surface area (Å²) in [7, 11) is 0. The predicted octanol–water partition coefficient (Wildman–Crippen LogP) is -0.743. The highest BCUT2D eigenvalue weighted by Crippen LogP contribution is 1.75. The van der Waals surface area contributed by atoms with Gasteiger partial charge in [-0.25, -0.2) is 0 Å². The summed E-state index contributed by atoms with van der Waals surface area (Å²) >= 11 is 0. The molecule has 1 rings (SSSR count). The number of hydrogen-bond donors (Lipinski definition) is 3. The Labute approximate surface area is 73.4 Å². The summed E-state index contributed by atoms with van der Waals surface area (Å²) < 4.78 is 5.18. The number of nitrogens with one attached hydrogen (secondary N) is 3. The first-order chi connectivity index (χ1) is 6.00. The minimum absolute atomic E-state index is 0.734. The molecule has 0 amide bonds. The quantitative estimate of drug-likeness (QED) is 0.449. The van der Waals surface area contributed by atoms with E-state index in [4.69, 9.17) is 4.74 Å². The van der Waals surface area contributed by atoms with Gasteiger partial charge in [0.05, 0.1) is 12.9 Å². The van der Waals surface area contributed by atoms with Crippen molar-refractivity contribution in [3.8, 4) is 0 Å². The summed E-state index contributed by atoms with van der Waals surface area (Å²) in [5, 5.41) is 9.68. The molecule has 70 valence electrons. The highest BCUT2D eigenvalue weighted by molar-refractivity contribution is 4.71. The lowest BCUT2D eigenvalue weighted by Gasteiger charge is -2.08. The molecular weight excluding hydrogens is 154 g/mol. The van der Waals surface area contributed by atoms with Crippen molar-refractivity contribution < 1.29 is 4.74 Å². The minimum atomic E-state index is 0.734. The van der Waals surface area contributed by atoms with E-state index in [2.05, 4.69) is 16.0 Å². The third-order valence-electron chi connectivity index (χ3n) is 1.60. The van der Waals surface area contributed by atoms with Gasteiger partial charge in [0, 0.05) is 38.9 Å². The molecule has 0 saturated carbocycles. The maximum atomic E-state index is 5.18. The second-order valence-electron chi connectivity index (χ2n) is 2.63. The maximum Gasteiger partial charge on any atom is 0.0998 e. The van der Waals surface area contributed by atoms with Gasteiger partial charge in [-0.1, -0.05) is 0 Å². The lowest BCUT2D eigenvalue weighted by atomic mass is 10.5. The molecule has 0 saturated heterocycles. The van der Waals surface area contributed by atoms with Gasteiger partial charge in [-0.3, -0.25) is 0 Å². The van der Waals surface area contributed by atoms with Gasteiger partial charge >= 0.3 is 0 Å². The number of rotatable bonds is 0. The molecule has 0 radical (unpaired) electrons. The van der Waals surface area contributed by atoms with E-state index < -0.39 is 0 Å².